The molecule has 2 fully saturated rings. The molecule has 4 atom stereocenters. The topological polar surface area (TPSA) is 100 Å². The minimum atomic E-state index is -1.96. The van der Waals surface area contributed by atoms with E-state index in [0.29, 0.717) is 12.4 Å². The van der Waals surface area contributed by atoms with Gasteiger partial charge in [0.15, 0.2) is 38.2 Å². The van der Waals surface area contributed by atoms with Gasteiger partial charge in [0.05, 0.1) is 13.7 Å². The van der Waals surface area contributed by atoms with Gasteiger partial charge in [0, 0.05) is 0 Å². The molecule has 9 nitrogen and oxygen atoms in total. The van der Waals surface area contributed by atoms with Crippen LogP contribution in [0.15, 0.2) is 11.3 Å². The third-order valence-electron chi connectivity index (χ3n) is 5.97. The molecule has 0 aromatic carbocycles. The molecule has 1 aromatic heterocycles. The van der Waals surface area contributed by atoms with Crippen LogP contribution in [-0.2, 0) is 23.4 Å². The van der Waals surface area contributed by atoms with E-state index in [9.17, 15) is 5.26 Å². The van der Waals surface area contributed by atoms with Crippen molar-refractivity contribution in [3.8, 4) is 6.07 Å². The van der Waals surface area contributed by atoms with E-state index in [2.05, 4.69) is 43.8 Å². The van der Waals surface area contributed by atoms with Crippen molar-refractivity contribution in [1.82, 2.24) is 9.55 Å². The highest BCUT2D eigenvalue weighted by atomic mass is 28.4. The van der Waals surface area contributed by atoms with Gasteiger partial charge in [0.1, 0.15) is 30.7 Å². The minimum Gasteiger partial charge on any atom is -0.486 e. The zero-order valence-corrected chi connectivity index (χ0v) is 20.0. The number of hydrogen-bond acceptors (Lipinski definition) is 8. The standard InChI is InChI=1S/C20H32N4O5Si/c1-19(2,3)30(7,8)26-10-14-15-16(29-20(4,5)28-15)18(27-14)24-11-22-13(9-21)17(24)23-12-25-6/h11-12,14-16,18H,10H2,1-8H3/b23-12+/t14-,15-,16-,18-/m1/s1. The zero-order chi connectivity index (χ0) is 22.3. The molecule has 0 bridgehead atoms. The number of hydrogen-bond donors (Lipinski definition) is 0. The van der Waals surface area contributed by atoms with E-state index in [0.717, 1.165) is 0 Å². The Morgan fingerprint density at radius 3 is 2.60 bits per heavy atom. The number of aliphatic imine (C=N–C) groups is 1. The van der Waals surface area contributed by atoms with Crippen molar-refractivity contribution in [2.45, 2.75) is 83.1 Å². The summed E-state index contributed by atoms with van der Waals surface area (Å²) in [5.41, 5.74) is 0.183. The Bertz CT molecular complexity index is 839. The van der Waals surface area contributed by atoms with E-state index in [1.165, 1.54) is 19.8 Å². The second kappa shape index (κ2) is 8.05. The summed E-state index contributed by atoms with van der Waals surface area (Å²) >= 11 is 0. The fourth-order valence-electron chi connectivity index (χ4n) is 3.37. The second-order valence-corrected chi connectivity index (χ2v) is 14.4. The molecule has 30 heavy (non-hydrogen) atoms. The van der Waals surface area contributed by atoms with Crippen LogP contribution in [0.2, 0.25) is 18.1 Å². The fraction of sp³-hybridized carbons (Fsp3) is 0.750. The molecular weight excluding hydrogens is 404 g/mol. The highest BCUT2D eigenvalue weighted by Gasteiger charge is 2.56. The largest absolute Gasteiger partial charge is 0.486 e. The summed E-state index contributed by atoms with van der Waals surface area (Å²) < 4.78 is 31.7. The number of aromatic nitrogens is 2. The molecule has 0 unspecified atom stereocenters. The van der Waals surface area contributed by atoms with E-state index in [4.69, 9.17) is 23.4 Å². The number of nitrogens with zero attached hydrogens (tertiary/aromatic N) is 4. The van der Waals surface area contributed by atoms with Gasteiger partial charge in [-0.2, -0.15) is 10.3 Å². The molecule has 0 spiro atoms. The number of ether oxygens (including phenoxy) is 4. The molecule has 2 saturated heterocycles. The number of fused-ring (bicyclic) bond motifs is 1. The van der Waals surface area contributed by atoms with Crippen LogP contribution >= 0.6 is 0 Å². The molecule has 10 heteroatoms. The van der Waals surface area contributed by atoms with Crippen molar-refractivity contribution in [3.63, 3.8) is 0 Å². The average molecular weight is 437 g/mol. The Morgan fingerprint density at radius 2 is 2.00 bits per heavy atom. The summed E-state index contributed by atoms with van der Waals surface area (Å²) in [7, 11) is -0.473. The van der Waals surface area contributed by atoms with Gasteiger partial charge in [-0.15, -0.1) is 0 Å². The molecule has 0 saturated carbocycles. The normalized spacial score (nSPS) is 28.6. The summed E-state index contributed by atoms with van der Waals surface area (Å²) in [6.07, 6.45) is 1.24. The highest BCUT2D eigenvalue weighted by molar-refractivity contribution is 6.74. The second-order valence-electron chi connectivity index (χ2n) is 9.61. The predicted molar refractivity (Wildman–Crippen MR) is 113 cm³/mol. The SMILES string of the molecule is CO/C=N/c1c(C#N)ncn1[C@@H]1O[C@H](CO[Si](C)(C)C(C)(C)C)[C@H]2OC(C)(C)O[C@H]21. The Balaban J connectivity index is 1.88. The molecule has 0 amide bonds. The lowest BCUT2D eigenvalue weighted by Gasteiger charge is -2.37. The first-order chi connectivity index (χ1) is 13.9. The van der Waals surface area contributed by atoms with Crippen molar-refractivity contribution in [3.05, 3.63) is 12.0 Å². The summed E-state index contributed by atoms with van der Waals surface area (Å²) in [6.45, 7) is 15.2. The Kier molecular flexibility index (Phi) is 6.15. The van der Waals surface area contributed by atoms with Crippen LogP contribution in [0.25, 0.3) is 0 Å². The Labute approximate surface area is 179 Å². The van der Waals surface area contributed by atoms with Crippen LogP contribution in [0.4, 0.5) is 5.82 Å². The van der Waals surface area contributed by atoms with Crippen LogP contribution in [-0.4, -0.2) is 62.1 Å². The summed E-state index contributed by atoms with van der Waals surface area (Å²) in [5.74, 6) is -0.399. The molecule has 1 aromatic rings. The lowest BCUT2D eigenvalue weighted by atomic mass is 10.1. The summed E-state index contributed by atoms with van der Waals surface area (Å²) in [4.78, 5) is 8.38. The molecule has 2 aliphatic rings. The molecule has 3 rings (SSSR count). The minimum absolute atomic E-state index is 0.0881. The smallest absolute Gasteiger partial charge is 0.192 e. The van der Waals surface area contributed by atoms with Gasteiger partial charge < -0.3 is 23.4 Å². The van der Waals surface area contributed by atoms with Crippen LogP contribution in [0, 0.1) is 11.3 Å². The maximum atomic E-state index is 9.39. The molecular formula is C20H32N4O5Si. The van der Waals surface area contributed by atoms with Crippen molar-refractivity contribution in [2.24, 2.45) is 4.99 Å². The predicted octanol–water partition coefficient (Wildman–Crippen LogP) is 3.50. The van der Waals surface area contributed by atoms with Gasteiger partial charge in [-0.25, -0.2) is 4.98 Å². The Morgan fingerprint density at radius 1 is 1.33 bits per heavy atom. The third-order valence-corrected chi connectivity index (χ3v) is 10.5. The molecule has 0 aliphatic carbocycles. The van der Waals surface area contributed by atoms with E-state index in [-0.39, 0.29) is 29.0 Å². The zero-order valence-electron chi connectivity index (χ0n) is 19.0. The fourth-order valence-corrected chi connectivity index (χ4v) is 4.39. The molecule has 166 valence electrons. The quantitative estimate of drug-likeness (QED) is 0.382. The number of methoxy groups -OCH3 is 1. The maximum Gasteiger partial charge on any atom is 0.192 e. The van der Waals surface area contributed by atoms with Gasteiger partial charge in [-0.05, 0) is 32.0 Å². The molecule has 3 heterocycles. The summed E-state index contributed by atoms with van der Waals surface area (Å²) in [6, 6.07) is 2.05. The van der Waals surface area contributed by atoms with Crippen molar-refractivity contribution < 1.29 is 23.4 Å². The van der Waals surface area contributed by atoms with Gasteiger partial charge in [-0.3, -0.25) is 4.57 Å². The molecule has 2 aliphatic heterocycles. The van der Waals surface area contributed by atoms with E-state index < -0.39 is 20.3 Å². The first-order valence-electron chi connectivity index (χ1n) is 10.1. The average Bonchev–Trinajstić information content (AvgIpc) is 3.27. The highest BCUT2D eigenvalue weighted by Crippen LogP contribution is 2.45. The van der Waals surface area contributed by atoms with E-state index in [1.54, 1.807) is 4.57 Å². The molecule has 0 radical (unpaired) electrons. The Hall–Kier alpha value is -1.77. The van der Waals surface area contributed by atoms with Gasteiger partial charge in [-0.1, -0.05) is 20.8 Å². The van der Waals surface area contributed by atoms with Gasteiger partial charge >= 0.3 is 0 Å². The van der Waals surface area contributed by atoms with Crippen LogP contribution < -0.4 is 0 Å². The lowest BCUT2D eigenvalue weighted by Crippen LogP contribution is -2.44. The van der Waals surface area contributed by atoms with Crippen LogP contribution in [0.5, 0.6) is 0 Å². The number of rotatable bonds is 6. The van der Waals surface area contributed by atoms with Crippen molar-refractivity contribution >= 4 is 20.5 Å². The van der Waals surface area contributed by atoms with Crippen molar-refractivity contribution in [1.29, 1.82) is 5.26 Å². The maximum absolute atomic E-state index is 9.39. The first kappa shape index (κ1) is 22.9. The van der Waals surface area contributed by atoms with Crippen LogP contribution in [0.3, 0.4) is 0 Å². The summed E-state index contributed by atoms with van der Waals surface area (Å²) in [5, 5.41) is 9.48. The van der Waals surface area contributed by atoms with Gasteiger partial charge in [0.25, 0.3) is 0 Å². The third kappa shape index (κ3) is 4.31. The monoisotopic (exact) mass is 436 g/mol. The number of imidazole rings is 1. The van der Waals surface area contributed by atoms with Crippen LogP contribution in [0.1, 0.15) is 46.5 Å². The van der Waals surface area contributed by atoms with Crippen molar-refractivity contribution in [2.75, 3.05) is 13.7 Å². The van der Waals surface area contributed by atoms with E-state index >= 15 is 0 Å². The van der Waals surface area contributed by atoms with E-state index in [1.807, 2.05) is 19.9 Å². The lowest BCUT2D eigenvalue weighted by molar-refractivity contribution is -0.199. The molecule has 0 N–H and O–H groups in total. The van der Waals surface area contributed by atoms with Gasteiger partial charge in [0.2, 0.25) is 0 Å². The first-order valence-corrected chi connectivity index (χ1v) is 13.0. The number of nitriles is 1.